The van der Waals surface area contributed by atoms with Crippen molar-refractivity contribution in [2.75, 3.05) is 31.6 Å². The Kier molecular flexibility index (Phi) is 5.81. The normalized spacial score (nSPS) is 11.0. The number of ether oxygens (including phenoxy) is 1. The molecular weight excluding hydrogens is 208 g/mol. The Morgan fingerprint density at radius 2 is 2.25 bits per heavy atom. The van der Waals surface area contributed by atoms with E-state index >= 15 is 0 Å². The maximum atomic E-state index is 5.40. The quantitative estimate of drug-likeness (QED) is 0.635. The summed E-state index contributed by atoms with van der Waals surface area (Å²) in [7, 11) is 0. The van der Waals surface area contributed by atoms with Gasteiger partial charge in [0, 0.05) is 26.1 Å². The Hall–Kier alpha value is -1.14. The van der Waals surface area contributed by atoms with Gasteiger partial charge < -0.3 is 20.2 Å². The maximum Gasteiger partial charge on any atom is 0.315 e. The fourth-order valence-corrected chi connectivity index (χ4v) is 1.10. The predicted octanol–water partition coefficient (Wildman–Crippen LogP) is 0.655. The summed E-state index contributed by atoms with van der Waals surface area (Å²) in [5, 5.41) is 10.7. The molecule has 0 spiro atoms. The molecule has 0 fully saturated rings. The maximum absolute atomic E-state index is 5.40. The van der Waals surface area contributed by atoms with E-state index in [4.69, 9.17) is 14.9 Å². The summed E-state index contributed by atoms with van der Waals surface area (Å²) < 4.78 is 10.7. The van der Waals surface area contributed by atoms with Crippen LogP contribution in [0.4, 0.5) is 6.01 Å². The van der Waals surface area contributed by atoms with Gasteiger partial charge in [-0.05, 0) is 5.92 Å². The number of nitrogens with zero attached hydrogens (tertiary/aromatic N) is 2. The second-order valence-electron chi connectivity index (χ2n) is 3.94. The van der Waals surface area contributed by atoms with E-state index in [1.165, 1.54) is 0 Å². The number of hydrogen-bond donors (Lipinski definition) is 2. The van der Waals surface area contributed by atoms with Crippen LogP contribution < -0.4 is 11.1 Å². The Morgan fingerprint density at radius 1 is 1.44 bits per heavy atom. The van der Waals surface area contributed by atoms with E-state index < -0.39 is 0 Å². The molecular formula is C10H20N4O2. The van der Waals surface area contributed by atoms with Crippen LogP contribution in [0.2, 0.25) is 0 Å². The molecule has 0 aliphatic heterocycles. The van der Waals surface area contributed by atoms with Gasteiger partial charge in [0.1, 0.15) is 0 Å². The van der Waals surface area contributed by atoms with Crippen LogP contribution in [0.3, 0.4) is 0 Å². The zero-order valence-corrected chi connectivity index (χ0v) is 9.90. The van der Waals surface area contributed by atoms with Gasteiger partial charge in [-0.1, -0.05) is 18.9 Å². The van der Waals surface area contributed by atoms with E-state index in [0.29, 0.717) is 43.9 Å². The van der Waals surface area contributed by atoms with Gasteiger partial charge in [-0.3, -0.25) is 0 Å². The average molecular weight is 228 g/mol. The molecule has 0 atom stereocenters. The molecule has 0 bridgehead atoms. The minimum Gasteiger partial charge on any atom is -0.408 e. The molecule has 0 saturated carbocycles. The highest BCUT2D eigenvalue weighted by Crippen LogP contribution is 2.04. The van der Waals surface area contributed by atoms with Gasteiger partial charge in [-0.2, -0.15) is 0 Å². The Labute approximate surface area is 95.6 Å². The number of nitrogens with two attached hydrogens (primary N) is 1. The van der Waals surface area contributed by atoms with E-state index in [1.807, 2.05) is 0 Å². The summed E-state index contributed by atoms with van der Waals surface area (Å²) in [6, 6.07) is 0.427. The summed E-state index contributed by atoms with van der Waals surface area (Å²) >= 11 is 0. The Balaban J connectivity index is 2.12. The fourth-order valence-electron chi connectivity index (χ4n) is 1.10. The van der Waals surface area contributed by atoms with Crippen molar-refractivity contribution in [3.63, 3.8) is 0 Å². The predicted molar refractivity (Wildman–Crippen MR) is 61.2 cm³/mol. The van der Waals surface area contributed by atoms with Gasteiger partial charge in [0.2, 0.25) is 5.89 Å². The first-order valence-corrected chi connectivity index (χ1v) is 5.56. The molecule has 1 heterocycles. The monoisotopic (exact) mass is 228 g/mol. The SMILES string of the molecule is CC(C)COCCNc1nnc(CCN)o1. The first-order chi connectivity index (χ1) is 7.72. The summed E-state index contributed by atoms with van der Waals surface area (Å²) in [5.74, 6) is 1.12. The van der Waals surface area contributed by atoms with Crippen LogP contribution in [-0.4, -0.2) is 36.5 Å². The smallest absolute Gasteiger partial charge is 0.315 e. The number of nitrogens with one attached hydrogen (secondary N) is 1. The minimum atomic E-state index is 0.427. The molecule has 6 heteroatoms. The van der Waals surface area contributed by atoms with E-state index in [-0.39, 0.29) is 0 Å². The zero-order chi connectivity index (χ0) is 11.8. The molecule has 0 aromatic carbocycles. The molecule has 0 aliphatic carbocycles. The van der Waals surface area contributed by atoms with Gasteiger partial charge in [-0.15, -0.1) is 5.10 Å². The highest BCUT2D eigenvalue weighted by Gasteiger charge is 2.03. The van der Waals surface area contributed by atoms with E-state index in [9.17, 15) is 0 Å². The fraction of sp³-hybridized carbons (Fsp3) is 0.800. The Bertz CT molecular complexity index is 288. The van der Waals surface area contributed by atoms with Gasteiger partial charge in [0.05, 0.1) is 6.61 Å². The van der Waals surface area contributed by atoms with Crippen LogP contribution in [0.1, 0.15) is 19.7 Å². The van der Waals surface area contributed by atoms with E-state index in [0.717, 1.165) is 6.61 Å². The summed E-state index contributed by atoms with van der Waals surface area (Å²) in [6.45, 7) is 6.81. The molecule has 0 aliphatic rings. The van der Waals surface area contributed by atoms with Crippen LogP contribution in [0.25, 0.3) is 0 Å². The second kappa shape index (κ2) is 7.19. The molecule has 0 radical (unpaired) electrons. The lowest BCUT2D eigenvalue weighted by molar-refractivity contribution is 0.118. The van der Waals surface area contributed by atoms with Crippen molar-refractivity contribution in [3.8, 4) is 0 Å². The highest BCUT2D eigenvalue weighted by molar-refractivity contribution is 5.16. The molecule has 16 heavy (non-hydrogen) atoms. The molecule has 92 valence electrons. The number of aromatic nitrogens is 2. The van der Waals surface area contributed by atoms with Crippen molar-refractivity contribution in [1.29, 1.82) is 0 Å². The van der Waals surface area contributed by atoms with Crippen LogP contribution in [0, 0.1) is 5.92 Å². The average Bonchev–Trinajstić information content (AvgIpc) is 2.65. The standard InChI is InChI=1S/C10H20N4O2/c1-8(2)7-15-6-5-12-10-14-13-9(16-10)3-4-11/h8H,3-7,11H2,1-2H3,(H,12,14). The molecule has 1 rings (SSSR count). The van der Waals surface area contributed by atoms with E-state index in [2.05, 4.69) is 29.4 Å². The van der Waals surface area contributed by atoms with Crippen LogP contribution in [0.15, 0.2) is 4.42 Å². The van der Waals surface area contributed by atoms with Gasteiger partial charge in [-0.25, -0.2) is 0 Å². The van der Waals surface area contributed by atoms with Crippen molar-refractivity contribution in [1.82, 2.24) is 10.2 Å². The molecule has 3 N–H and O–H groups in total. The number of hydrogen-bond acceptors (Lipinski definition) is 6. The molecule has 0 amide bonds. The van der Waals surface area contributed by atoms with Gasteiger partial charge >= 0.3 is 6.01 Å². The van der Waals surface area contributed by atoms with Crippen LogP contribution in [-0.2, 0) is 11.2 Å². The van der Waals surface area contributed by atoms with Crippen molar-refractivity contribution in [2.24, 2.45) is 11.7 Å². The number of rotatable bonds is 8. The van der Waals surface area contributed by atoms with Crippen LogP contribution >= 0.6 is 0 Å². The highest BCUT2D eigenvalue weighted by atomic mass is 16.5. The lowest BCUT2D eigenvalue weighted by atomic mass is 10.2. The third kappa shape index (κ3) is 5.09. The lowest BCUT2D eigenvalue weighted by Gasteiger charge is -2.06. The van der Waals surface area contributed by atoms with Crippen molar-refractivity contribution < 1.29 is 9.15 Å². The summed E-state index contributed by atoms with van der Waals surface area (Å²) in [6.07, 6.45) is 0.610. The summed E-state index contributed by atoms with van der Waals surface area (Å²) in [5.41, 5.74) is 5.37. The third-order valence-electron chi connectivity index (χ3n) is 1.80. The molecule has 1 aromatic rings. The molecule has 6 nitrogen and oxygen atoms in total. The van der Waals surface area contributed by atoms with Gasteiger partial charge in [0.15, 0.2) is 0 Å². The third-order valence-corrected chi connectivity index (χ3v) is 1.80. The topological polar surface area (TPSA) is 86.2 Å². The lowest BCUT2D eigenvalue weighted by Crippen LogP contribution is -2.12. The van der Waals surface area contributed by atoms with Crippen LogP contribution in [0.5, 0.6) is 0 Å². The second-order valence-corrected chi connectivity index (χ2v) is 3.94. The Morgan fingerprint density at radius 3 is 2.94 bits per heavy atom. The number of anilines is 1. The van der Waals surface area contributed by atoms with E-state index in [1.54, 1.807) is 0 Å². The summed E-state index contributed by atoms with van der Waals surface area (Å²) in [4.78, 5) is 0. The molecule has 1 aromatic heterocycles. The largest absolute Gasteiger partial charge is 0.408 e. The first-order valence-electron chi connectivity index (χ1n) is 5.56. The first kappa shape index (κ1) is 12.9. The molecule has 0 unspecified atom stereocenters. The molecule has 0 saturated heterocycles. The van der Waals surface area contributed by atoms with Crippen molar-refractivity contribution in [3.05, 3.63) is 5.89 Å². The van der Waals surface area contributed by atoms with Crippen molar-refractivity contribution in [2.45, 2.75) is 20.3 Å². The minimum absolute atomic E-state index is 0.427. The van der Waals surface area contributed by atoms with Gasteiger partial charge in [0.25, 0.3) is 0 Å². The van der Waals surface area contributed by atoms with Crippen molar-refractivity contribution >= 4 is 6.01 Å². The zero-order valence-electron chi connectivity index (χ0n) is 9.90.